The van der Waals surface area contributed by atoms with Gasteiger partial charge in [0.2, 0.25) is 5.95 Å². The highest BCUT2D eigenvalue weighted by Gasteiger charge is 2.09. The van der Waals surface area contributed by atoms with Crippen LogP contribution in [-0.2, 0) is 6.54 Å². The predicted octanol–water partition coefficient (Wildman–Crippen LogP) is 2.78. The number of aryl methyl sites for hydroxylation is 2. The van der Waals surface area contributed by atoms with Gasteiger partial charge in [0.15, 0.2) is 0 Å². The number of nitrogens with one attached hydrogen (secondary N) is 1. The van der Waals surface area contributed by atoms with Crippen molar-refractivity contribution in [2.45, 2.75) is 33.4 Å². The maximum Gasteiger partial charge on any atom is 0.203 e. The monoisotopic (exact) mass is 230 g/mol. The fourth-order valence-electron chi connectivity index (χ4n) is 1.81. The number of imidazole rings is 1. The average molecular weight is 230 g/mol. The fraction of sp³-hybridized carbons (Fsp3) is 0.385. The number of aromatic nitrogens is 3. The number of nitrogens with zero attached hydrogens (tertiary/aromatic N) is 3. The Kier molecular flexibility index (Phi) is 3.42. The lowest BCUT2D eigenvalue weighted by Crippen LogP contribution is -2.11. The average Bonchev–Trinajstić information content (AvgIpc) is 2.70. The van der Waals surface area contributed by atoms with Crippen LogP contribution in [0.15, 0.2) is 30.7 Å². The van der Waals surface area contributed by atoms with Crippen molar-refractivity contribution in [2.75, 3.05) is 5.32 Å². The van der Waals surface area contributed by atoms with Crippen molar-refractivity contribution < 1.29 is 0 Å². The van der Waals surface area contributed by atoms with Gasteiger partial charge in [0.25, 0.3) is 0 Å². The van der Waals surface area contributed by atoms with Crippen molar-refractivity contribution >= 4 is 5.95 Å². The largest absolute Gasteiger partial charge is 0.349 e. The molecule has 0 saturated carbocycles. The Labute approximate surface area is 102 Å². The molecule has 90 valence electrons. The Morgan fingerprint density at radius 1 is 1.47 bits per heavy atom. The zero-order valence-electron chi connectivity index (χ0n) is 10.5. The minimum atomic E-state index is 0.204. The smallest absolute Gasteiger partial charge is 0.203 e. The van der Waals surface area contributed by atoms with Crippen LogP contribution in [0.25, 0.3) is 0 Å². The van der Waals surface area contributed by atoms with Gasteiger partial charge >= 0.3 is 0 Å². The maximum absolute atomic E-state index is 4.48. The van der Waals surface area contributed by atoms with Crippen LogP contribution in [0.5, 0.6) is 0 Å². The van der Waals surface area contributed by atoms with E-state index in [1.54, 1.807) is 6.20 Å². The van der Waals surface area contributed by atoms with E-state index in [0.29, 0.717) is 0 Å². The van der Waals surface area contributed by atoms with E-state index >= 15 is 0 Å². The number of pyridine rings is 1. The van der Waals surface area contributed by atoms with Crippen molar-refractivity contribution in [1.29, 1.82) is 0 Å². The molecular formula is C13H18N4. The molecule has 1 unspecified atom stereocenters. The van der Waals surface area contributed by atoms with Gasteiger partial charge in [-0.25, -0.2) is 4.98 Å². The van der Waals surface area contributed by atoms with Gasteiger partial charge in [-0.05, 0) is 32.4 Å². The van der Waals surface area contributed by atoms with Crippen LogP contribution in [0.1, 0.15) is 31.1 Å². The topological polar surface area (TPSA) is 42.7 Å². The van der Waals surface area contributed by atoms with E-state index < -0.39 is 0 Å². The predicted molar refractivity (Wildman–Crippen MR) is 68.9 cm³/mol. The molecule has 2 heterocycles. The first-order valence-electron chi connectivity index (χ1n) is 5.91. The van der Waals surface area contributed by atoms with Gasteiger partial charge in [-0.1, -0.05) is 6.07 Å². The van der Waals surface area contributed by atoms with Crippen molar-refractivity contribution in [3.63, 3.8) is 0 Å². The molecule has 0 aliphatic heterocycles. The lowest BCUT2D eigenvalue weighted by atomic mass is 10.1. The first-order valence-corrected chi connectivity index (χ1v) is 5.91. The van der Waals surface area contributed by atoms with Crippen LogP contribution in [-0.4, -0.2) is 14.5 Å². The second kappa shape index (κ2) is 4.99. The summed E-state index contributed by atoms with van der Waals surface area (Å²) in [7, 11) is 0. The van der Waals surface area contributed by atoms with Crippen molar-refractivity contribution in [3.8, 4) is 0 Å². The summed E-state index contributed by atoms with van der Waals surface area (Å²) < 4.78 is 2.11. The summed E-state index contributed by atoms with van der Waals surface area (Å²) in [5, 5.41) is 3.41. The van der Waals surface area contributed by atoms with Gasteiger partial charge < -0.3 is 9.88 Å². The normalized spacial score (nSPS) is 12.4. The molecule has 0 bridgehead atoms. The maximum atomic E-state index is 4.48. The molecule has 1 atom stereocenters. The van der Waals surface area contributed by atoms with E-state index in [1.807, 2.05) is 19.2 Å². The minimum absolute atomic E-state index is 0.204. The molecule has 4 heteroatoms. The third kappa shape index (κ3) is 2.64. The molecule has 2 rings (SSSR count). The fourth-order valence-corrected chi connectivity index (χ4v) is 1.81. The van der Waals surface area contributed by atoms with Gasteiger partial charge in [0.1, 0.15) is 0 Å². The van der Waals surface area contributed by atoms with Gasteiger partial charge in [-0.15, -0.1) is 0 Å². The van der Waals surface area contributed by atoms with Crippen LogP contribution in [0.3, 0.4) is 0 Å². The van der Waals surface area contributed by atoms with Gasteiger partial charge in [0.05, 0.1) is 11.7 Å². The summed E-state index contributed by atoms with van der Waals surface area (Å²) in [6, 6.07) is 4.22. The molecule has 17 heavy (non-hydrogen) atoms. The highest BCUT2D eigenvalue weighted by atomic mass is 15.2. The Bertz CT molecular complexity index is 475. The van der Waals surface area contributed by atoms with Gasteiger partial charge in [-0.3, -0.25) is 4.98 Å². The Morgan fingerprint density at radius 3 is 2.94 bits per heavy atom. The molecule has 0 aliphatic rings. The number of hydrogen-bond donors (Lipinski definition) is 1. The summed E-state index contributed by atoms with van der Waals surface area (Å²) in [4.78, 5) is 8.61. The van der Waals surface area contributed by atoms with Crippen LogP contribution in [0.4, 0.5) is 5.95 Å². The van der Waals surface area contributed by atoms with Crippen LogP contribution < -0.4 is 5.32 Å². The first kappa shape index (κ1) is 11.6. The standard InChI is InChI=1S/C13H18N4/c1-4-17-9-10(2)15-13(17)16-11(3)12-6-5-7-14-8-12/h5-9,11H,4H2,1-3H3,(H,15,16). The highest BCUT2D eigenvalue weighted by Crippen LogP contribution is 2.17. The van der Waals surface area contributed by atoms with Gasteiger partial charge in [0, 0.05) is 25.1 Å². The van der Waals surface area contributed by atoms with Crippen LogP contribution in [0.2, 0.25) is 0 Å². The molecule has 0 aliphatic carbocycles. The molecule has 0 amide bonds. The molecule has 0 fully saturated rings. The number of hydrogen-bond acceptors (Lipinski definition) is 3. The zero-order chi connectivity index (χ0) is 12.3. The molecule has 2 aromatic rings. The Morgan fingerprint density at radius 2 is 2.29 bits per heavy atom. The molecule has 0 radical (unpaired) electrons. The first-order chi connectivity index (χ1) is 8.20. The Balaban J connectivity index is 2.15. The van der Waals surface area contributed by atoms with E-state index in [-0.39, 0.29) is 6.04 Å². The summed E-state index contributed by atoms with van der Waals surface area (Å²) in [5.41, 5.74) is 2.20. The number of anilines is 1. The lowest BCUT2D eigenvalue weighted by Gasteiger charge is -2.15. The number of rotatable bonds is 4. The van der Waals surface area contributed by atoms with Crippen molar-refractivity contribution in [1.82, 2.24) is 14.5 Å². The van der Waals surface area contributed by atoms with E-state index in [9.17, 15) is 0 Å². The minimum Gasteiger partial charge on any atom is -0.349 e. The van der Waals surface area contributed by atoms with Crippen molar-refractivity contribution in [2.24, 2.45) is 0 Å². The summed E-state index contributed by atoms with van der Waals surface area (Å²) >= 11 is 0. The quantitative estimate of drug-likeness (QED) is 0.878. The molecule has 1 N–H and O–H groups in total. The molecule has 0 spiro atoms. The summed E-state index contributed by atoms with van der Waals surface area (Å²) in [6.45, 7) is 7.15. The molecule has 4 nitrogen and oxygen atoms in total. The van der Waals surface area contributed by atoms with E-state index in [2.05, 4.69) is 46.0 Å². The zero-order valence-corrected chi connectivity index (χ0v) is 10.5. The van der Waals surface area contributed by atoms with Gasteiger partial charge in [-0.2, -0.15) is 0 Å². The van der Waals surface area contributed by atoms with Crippen molar-refractivity contribution in [3.05, 3.63) is 42.0 Å². The summed E-state index contributed by atoms with van der Waals surface area (Å²) in [5.74, 6) is 0.918. The SMILES string of the molecule is CCn1cc(C)nc1NC(C)c1cccnc1. The molecular weight excluding hydrogens is 212 g/mol. The second-order valence-electron chi connectivity index (χ2n) is 4.14. The third-order valence-corrected chi connectivity index (χ3v) is 2.77. The van der Waals surface area contributed by atoms with E-state index in [1.165, 1.54) is 0 Å². The summed E-state index contributed by atoms with van der Waals surface area (Å²) in [6.07, 6.45) is 5.72. The molecule has 2 aromatic heterocycles. The Hall–Kier alpha value is -1.84. The highest BCUT2D eigenvalue weighted by molar-refractivity contribution is 5.33. The van der Waals surface area contributed by atoms with E-state index in [0.717, 1.165) is 23.8 Å². The molecule has 0 aromatic carbocycles. The van der Waals surface area contributed by atoms with Crippen LogP contribution in [0, 0.1) is 6.92 Å². The lowest BCUT2D eigenvalue weighted by molar-refractivity contribution is 0.743. The third-order valence-electron chi connectivity index (χ3n) is 2.77. The van der Waals surface area contributed by atoms with Crippen LogP contribution >= 0.6 is 0 Å². The second-order valence-corrected chi connectivity index (χ2v) is 4.14. The van der Waals surface area contributed by atoms with E-state index in [4.69, 9.17) is 0 Å². The molecule has 0 saturated heterocycles.